The molecule has 3 N–H and O–H groups in total. The molecule has 1 aromatic carbocycles. The SMILES string of the molecule is COc1cc(NC(=O)CSc2nnnn2C2CCCC2)c(C(N)=O)cc1OC. The van der Waals surface area contributed by atoms with Gasteiger partial charge in [0.25, 0.3) is 5.91 Å². The van der Waals surface area contributed by atoms with Crippen LogP contribution in [0, 0.1) is 0 Å². The molecule has 0 unspecified atom stereocenters. The van der Waals surface area contributed by atoms with Gasteiger partial charge in [-0.05, 0) is 29.3 Å². The molecule has 1 aliphatic carbocycles. The Morgan fingerprint density at radius 2 is 1.93 bits per heavy atom. The number of tetrazole rings is 1. The van der Waals surface area contributed by atoms with Crippen LogP contribution >= 0.6 is 11.8 Å². The van der Waals surface area contributed by atoms with Crippen LogP contribution in [0.5, 0.6) is 11.5 Å². The minimum absolute atomic E-state index is 0.0830. The highest BCUT2D eigenvalue weighted by Crippen LogP contribution is 2.34. The van der Waals surface area contributed by atoms with Crippen LogP contribution < -0.4 is 20.5 Å². The molecule has 0 radical (unpaired) electrons. The van der Waals surface area contributed by atoms with Crippen LogP contribution in [0.4, 0.5) is 5.69 Å². The van der Waals surface area contributed by atoms with E-state index in [2.05, 4.69) is 20.8 Å². The van der Waals surface area contributed by atoms with E-state index in [4.69, 9.17) is 15.2 Å². The van der Waals surface area contributed by atoms with Crippen molar-refractivity contribution in [2.45, 2.75) is 36.9 Å². The topological polar surface area (TPSA) is 134 Å². The molecule has 1 aliphatic rings. The Hall–Kier alpha value is -2.82. The Kier molecular flexibility index (Phi) is 6.34. The van der Waals surface area contributed by atoms with Crippen LogP contribution in [0.2, 0.25) is 0 Å². The molecule has 10 nitrogen and oxygen atoms in total. The van der Waals surface area contributed by atoms with Crippen molar-refractivity contribution in [2.75, 3.05) is 25.3 Å². The van der Waals surface area contributed by atoms with E-state index < -0.39 is 5.91 Å². The summed E-state index contributed by atoms with van der Waals surface area (Å²) in [5, 5.41) is 15.1. The molecule has 1 heterocycles. The number of benzene rings is 1. The maximum atomic E-state index is 12.4. The van der Waals surface area contributed by atoms with E-state index in [1.54, 1.807) is 4.68 Å². The fourth-order valence-electron chi connectivity index (χ4n) is 3.16. The summed E-state index contributed by atoms with van der Waals surface area (Å²) in [6.07, 6.45) is 4.39. The Labute approximate surface area is 166 Å². The first-order valence-corrected chi connectivity index (χ1v) is 9.78. The Balaban J connectivity index is 1.70. The van der Waals surface area contributed by atoms with Crippen LogP contribution in [0.1, 0.15) is 42.1 Å². The molecule has 1 fully saturated rings. The molecule has 0 spiro atoms. The van der Waals surface area contributed by atoms with Gasteiger partial charge in [-0.1, -0.05) is 24.6 Å². The third-order valence-corrected chi connectivity index (χ3v) is 5.46. The van der Waals surface area contributed by atoms with Gasteiger partial charge in [0.1, 0.15) is 0 Å². The largest absolute Gasteiger partial charge is 0.493 e. The fraction of sp³-hybridized carbons (Fsp3) is 0.471. The molecular formula is C17H22N6O4S. The molecule has 3 rings (SSSR count). The zero-order valence-corrected chi connectivity index (χ0v) is 16.5. The predicted molar refractivity (Wildman–Crippen MR) is 103 cm³/mol. The van der Waals surface area contributed by atoms with E-state index in [1.165, 1.54) is 38.1 Å². The summed E-state index contributed by atoms with van der Waals surface area (Å²) in [5.74, 6) is -0.200. The molecule has 28 heavy (non-hydrogen) atoms. The number of rotatable bonds is 8. The molecule has 0 aliphatic heterocycles. The van der Waals surface area contributed by atoms with Crippen molar-refractivity contribution >= 4 is 29.3 Å². The van der Waals surface area contributed by atoms with Crippen LogP contribution in [-0.4, -0.2) is 52.0 Å². The summed E-state index contributed by atoms with van der Waals surface area (Å²) in [6, 6.07) is 3.22. The minimum atomic E-state index is -0.686. The number of methoxy groups -OCH3 is 2. The number of nitrogens with one attached hydrogen (secondary N) is 1. The number of hydrogen-bond acceptors (Lipinski definition) is 8. The molecule has 0 atom stereocenters. The number of amides is 2. The number of carbonyl (C=O) groups is 2. The Morgan fingerprint density at radius 1 is 1.25 bits per heavy atom. The van der Waals surface area contributed by atoms with E-state index >= 15 is 0 Å². The fourth-order valence-corrected chi connectivity index (χ4v) is 3.91. The van der Waals surface area contributed by atoms with E-state index in [0.717, 1.165) is 25.7 Å². The van der Waals surface area contributed by atoms with Gasteiger partial charge >= 0.3 is 0 Å². The first kappa shape index (κ1) is 19.9. The summed E-state index contributed by atoms with van der Waals surface area (Å²) in [4.78, 5) is 24.2. The average molecular weight is 406 g/mol. The van der Waals surface area contributed by atoms with Gasteiger partial charge in [-0.25, -0.2) is 4.68 Å². The summed E-state index contributed by atoms with van der Waals surface area (Å²) in [6.45, 7) is 0. The third-order valence-electron chi connectivity index (χ3n) is 4.53. The normalized spacial score (nSPS) is 14.1. The van der Waals surface area contributed by atoms with Crippen molar-refractivity contribution in [1.82, 2.24) is 20.2 Å². The van der Waals surface area contributed by atoms with E-state index in [1.807, 2.05) is 0 Å². The van der Waals surface area contributed by atoms with Crippen molar-refractivity contribution < 1.29 is 19.1 Å². The second kappa shape index (κ2) is 8.91. The smallest absolute Gasteiger partial charge is 0.250 e. The van der Waals surface area contributed by atoms with Gasteiger partial charge in [-0.2, -0.15) is 0 Å². The van der Waals surface area contributed by atoms with Crippen molar-refractivity contribution in [3.63, 3.8) is 0 Å². The molecule has 2 amide bonds. The van der Waals surface area contributed by atoms with Gasteiger partial charge in [0.15, 0.2) is 11.5 Å². The quantitative estimate of drug-likeness (QED) is 0.632. The predicted octanol–water partition coefficient (Wildman–Crippen LogP) is 1.64. The number of thioether (sulfide) groups is 1. The lowest BCUT2D eigenvalue weighted by Crippen LogP contribution is -2.20. The zero-order chi connectivity index (χ0) is 20.1. The van der Waals surface area contributed by atoms with Gasteiger partial charge in [-0.15, -0.1) is 5.10 Å². The highest BCUT2D eigenvalue weighted by molar-refractivity contribution is 7.99. The van der Waals surface area contributed by atoms with Crippen LogP contribution in [0.15, 0.2) is 17.3 Å². The van der Waals surface area contributed by atoms with Crippen LogP contribution in [-0.2, 0) is 4.79 Å². The highest BCUT2D eigenvalue weighted by Gasteiger charge is 2.22. The summed E-state index contributed by atoms with van der Waals surface area (Å²) in [7, 11) is 2.91. The summed E-state index contributed by atoms with van der Waals surface area (Å²) >= 11 is 1.24. The number of nitrogens with zero attached hydrogens (tertiary/aromatic N) is 4. The number of carbonyl (C=O) groups excluding carboxylic acids is 2. The van der Waals surface area contributed by atoms with Gasteiger partial charge < -0.3 is 20.5 Å². The molecule has 1 aromatic heterocycles. The Bertz CT molecular complexity index is 865. The number of aromatic nitrogens is 4. The average Bonchev–Trinajstić information content (AvgIpc) is 3.36. The van der Waals surface area contributed by atoms with Gasteiger partial charge in [0.2, 0.25) is 11.1 Å². The Morgan fingerprint density at radius 3 is 2.57 bits per heavy atom. The standard InChI is InChI=1S/C17H22N6O4S/c1-26-13-7-11(16(18)25)12(8-14(13)27-2)19-15(24)9-28-17-20-21-22-23(17)10-5-3-4-6-10/h7-8,10H,3-6,9H2,1-2H3,(H2,18,25)(H,19,24). The number of nitrogens with two attached hydrogens (primary N) is 1. The lowest BCUT2D eigenvalue weighted by molar-refractivity contribution is -0.113. The number of anilines is 1. The second-order valence-electron chi connectivity index (χ2n) is 6.30. The summed E-state index contributed by atoms with van der Waals surface area (Å²) < 4.78 is 12.2. The van der Waals surface area contributed by atoms with Crippen molar-refractivity contribution in [2.24, 2.45) is 5.73 Å². The number of primary amides is 1. The van der Waals surface area contributed by atoms with E-state index in [9.17, 15) is 9.59 Å². The number of hydrogen-bond donors (Lipinski definition) is 2. The minimum Gasteiger partial charge on any atom is -0.493 e. The van der Waals surface area contributed by atoms with E-state index in [-0.39, 0.29) is 29.0 Å². The van der Waals surface area contributed by atoms with Crippen molar-refractivity contribution in [3.8, 4) is 11.5 Å². The first-order valence-electron chi connectivity index (χ1n) is 8.79. The molecule has 11 heteroatoms. The molecule has 1 saturated carbocycles. The second-order valence-corrected chi connectivity index (χ2v) is 7.24. The molecule has 0 bridgehead atoms. The molecule has 2 aromatic rings. The van der Waals surface area contributed by atoms with Crippen LogP contribution in [0.25, 0.3) is 0 Å². The summed E-state index contributed by atoms with van der Waals surface area (Å²) in [5.41, 5.74) is 5.81. The maximum Gasteiger partial charge on any atom is 0.250 e. The monoisotopic (exact) mass is 406 g/mol. The van der Waals surface area contributed by atoms with Gasteiger partial charge in [0, 0.05) is 6.07 Å². The van der Waals surface area contributed by atoms with Gasteiger partial charge in [0.05, 0.1) is 37.3 Å². The molecule has 0 saturated heterocycles. The van der Waals surface area contributed by atoms with Gasteiger partial charge in [-0.3, -0.25) is 9.59 Å². The lowest BCUT2D eigenvalue weighted by Gasteiger charge is -2.14. The number of ether oxygens (including phenoxy) is 2. The van der Waals surface area contributed by atoms with Crippen LogP contribution in [0.3, 0.4) is 0 Å². The van der Waals surface area contributed by atoms with Crippen molar-refractivity contribution in [1.29, 1.82) is 0 Å². The maximum absolute atomic E-state index is 12.4. The van der Waals surface area contributed by atoms with Crippen molar-refractivity contribution in [3.05, 3.63) is 17.7 Å². The molecule has 150 valence electrons. The zero-order valence-electron chi connectivity index (χ0n) is 15.7. The first-order chi connectivity index (χ1) is 13.5. The van der Waals surface area contributed by atoms with E-state index in [0.29, 0.717) is 16.7 Å². The third kappa shape index (κ3) is 4.35. The lowest BCUT2D eigenvalue weighted by atomic mass is 10.1. The molecular weight excluding hydrogens is 384 g/mol. The highest BCUT2D eigenvalue weighted by atomic mass is 32.2.